The Kier molecular flexibility index (Phi) is 11.4. The van der Waals surface area contributed by atoms with E-state index in [0.29, 0.717) is 21.2 Å². The average molecular weight is 834 g/mol. The molecule has 6 rings (SSSR count). The Hall–Kier alpha value is -5.19. The van der Waals surface area contributed by atoms with Crippen LogP contribution in [0.1, 0.15) is 33.5 Å². The molecule has 1 saturated heterocycles. The quantitative estimate of drug-likeness (QED) is 0.0545. The first kappa shape index (κ1) is 38.5. The largest absolute Gasteiger partial charge is 0.488 e. The van der Waals surface area contributed by atoms with Crippen molar-refractivity contribution in [3.8, 4) is 5.75 Å². The van der Waals surface area contributed by atoms with Crippen LogP contribution < -0.4 is 9.64 Å². The second kappa shape index (κ2) is 16.0. The van der Waals surface area contributed by atoms with Gasteiger partial charge < -0.3 is 14.4 Å². The highest BCUT2D eigenvalue weighted by molar-refractivity contribution is 9.10. The lowest BCUT2D eigenvalue weighted by molar-refractivity contribution is -0.125. The van der Waals surface area contributed by atoms with Crippen molar-refractivity contribution < 1.29 is 53.8 Å². The molecular weight excluding hydrogens is 806 g/mol. The number of esters is 1. The van der Waals surface area contributed by atoms with Crippen molar-refractivity contribution in [2.45, 2.75) is 37.1 Å². The van der Waals surface area contributed by atoms with Gasteiger partial charge in [-0.3, -0.25) is 4.79 Å². The first-order valence-electron chi connectivity index (χ1n) is 16.1. The van der Waals surface area contributed by atoms with Crippen molar-refractivity contribution in [1.82, 2.24) is 4.31 Å². The second-order valence-corrected chi connectivity index (χ2v) is 14.7. The van der Waals surface area contributed by atoms with Crippen LogP contribution in [0, 0.1) is 34.9 Å². The van der Waals surface area contributed by atoms with Crippen LogP contribution in [0.3, 0.4) is 0 Å². The highest BCUT2D eigenvalue weighted by atomic mass is 79.9. The topological polar surface area (TPSA) is 93.2 Å². The summed E-state index contributed by atoms with van der Waals surface area (Å²) in [6.45, 7) is -1.21. The van der Waals surface area contributed by atoms with Gasteiger partial charge in [0, 0.05) is 17.1 Å². The maximum absolute atomic E-state index is 16.3. The molecule has 280 valence electrons. The normalized spacial score (nSPS) is 14.3. The molecule has 0 saturated carbocycles. The van der Waals surface area contributed by atoms with E-state index >= 15 is 4.39 Å². The van der Waals surface area contributed by atoms with Gasteiger partial charge in [0.05, 0.1) is 12.2 Å². The monoisotopic (exact) mass is 832 g/mol. The molecule has 5 aromatic carbocycles. The molecule has 1 aliphatic rings. The SMILES string of the molecule is O=C(OCc1ccccc1)c1cc(F)c(N(Cc2ccc(Br)cc2)C(=O)[C@H]2CCN2S(=O)(=O)c2c(F)c(F)c(F)c(F)c2F)cc1OCc1ccccc1. The van der Waals surface area contributed by atoms with Crippen molar-refractivity contribution in [3.05, 3.63) is 159 Å². The number of hydrogen-bond donors (Lipinski definition) is 0. The molecule has 0 aromatic heterocycles. The third kappa shape index (κ3) is 7.86. The molecule has 0 spiro atoms. The third-order valence-corrected chi connectivity index (χ3v) is 11.0. The maximum Gasteiger partial charge on any atom is 0.342 e. The molecule has 0 bridgehead atoms. The Morgan fingerprint density at radius 1 is 0.741 bits per heavy atom. The van der Waals surface area contributed by atoms with E-state index in [1.807, 2.05) is 0 Å². The van der Waals surface area contributed by atoms with Gasteiger partial charge in [0.15, 0.2) is 28.2 Å². The molecule has 0 N–H and O–H groups in total. The first-order valence-corrected chi connectivity index (χ1v) is 18.3. The molecule has 0 unspecified atom stereocenters. The minimum absolute atomic E-state index is 0.109. The Morgan fingerprint density at radius 3 is 1.85 bits per heavy atom. The van der Waals surface area contributed by atoms with Gasteiger partial charge in [-0.1, -0.05) is 88.7 Å². The fraction of sp³-hybridized carbons (Fsp3) is 0.158. The summed E-state index contributed by atoms with van der Waals surface area (Å²) >= 11 is 3.30. The van der Waals surface area contributed by atoms with E-state index in [2.05, 4.69) is 15.9 Å². The molecule has 1 heterocycles. The molecule has 54 heavy (non-hydrogen) atoms. The summed E-state index contributed by atoms with van der Waals surface area (Å²) in [6, 6.07) is 23.9. The number of amides is 1. The molecular formula is C38H27BrF6N2O6S. The smallest absolute Gasteiger partial charge is 0.342 e. The zero-order chi connectivity index (χ0) is 38.7. The van der Waals surface area contributed by atoms with Gasteiger partial charge in [-0.25, -0.2) is 39.6 Å². The molecule has 0 radical (unpaired) electrons. The lowest BCUT2D eigenvalue weighted by atomic mass is 10.0. The lowest BCUT2D eigenvalue weighted by Crippen LogP contribution is -2.59. The summed E-state index contributed by atoms with van der Waals surface area (Å²) in [7, 11) is -5.52. The fourth-order valence-electron chi connectivity index (χ4n) is 5.63. The molecule has 1 aliphatic heterocycles. The Balaban J connectivity index is 1.40. The van der Waals surface area contributed by atoms with Gasteiger partial charge in [0.25, 0.3) is 0 Å². The van der Waals surface area contributed by atoms with Crippen LogP contribution in [-0.2, 0) is 39.3 Å². The van der Waals surface area contributed by atoms with E-state index in [9.17, 15) is 40.0 Å². The summed E-state index contributed by atoms with van der Waals surface area (Å²) in [5, 5.41) is 0. The predicted molar refractivity (Wildman–Crippen MR) is 187 cm³/mol. The minimum atomic E-state index is -5.52. The van der Waals surface area contributed by atoms with Gasteiger partial charge in [-0.2, -0.15) is 4.31 Å². The molecule has 0 aliphatic carbocycles. The van der Waals surface area contributed by atoms with Crippen LogP contribution in [0.2, 0.25) is 0 Å². The number of halogens is 7. The number of benzene rings is 5. The van der Waals surface area contributed by atoms with E-state index in [-0.39, 0.29) is 35.3 Å². The van der Waals surface area contributed by atoms with Gasteiger partial charge in [0.2, 0.25) is 21.7 Å². The van der Waals surface area contributed by atoms with Crippen LogP contribution in [0.4, 0.5) is 32.0 Å². The number of ether oxygens (including phenoxy) is 2. The van der Waals surface area contributed by atoms with Crippen molar-refractivity contribution in [2.24, 2.45) is 0 Å². The Labute approximate surface area is 313 Å². The number of rotatable bonds is 12. The summed E-state index contributed by atoms with van der Waals surface area (Å²) in [6.07, 6.45) is -0.257. The summed E-state index contributed by atoms with van der Waals surface area (Å²) in [5.74, 6) is -16.1. The standard InChI is InChI=1S/C38H27BrF6N2O6S/c39-25-13-11-22(12-14-25)19-46(37(48)28-15-16-47(28)54(50,51)36-34(44)32(42)31(41)33(43)35(36)45)29-18-30(52-20-23-7-3-1-4-8-23)26(17-27(29)40)38(49)53-21-24-9-5-2-6-10-24/h1-14,17-18,28H,15-16,19-21H2/t28-/m1/s1. The fourth-order valence-corrected chi connectivity index (χ4v) is 7.63. The zero-order valence-electron chi connectivity index (χ0n) is 27.7. The molecule has 1 amide bonds. The molecule has 5 aromatic rings. The van der Waals surface area contributed by atoms with E-state index in [1.54, 1.807) is 84.9 Å². The van der Waals surface area contributed by atoms with Gasteiger partial charge in [-0.15, -0.1) is 0 Å². The zero-order valence-corrected chi connectivity index (χ0v) is 30.2. The van der Waals surface area contributed by atoms with Crippen LogP contribution in [0.25, 0.3) is 0 Å². The highest BCUT2D eigenvalue weighted by Gasteiger charge is 2.48. The second-order valence-electron chi connectivity index (χ2n) is 12.0. The number of anilines is 1. The maximum atomic E-state index is 16.3. The number of hydrogen-bond acceptors (Lipinski definition) is 6. The summed E-state index contributed by atoms with van der Waals surface area (Å²) < 4.78 is 127. The summed E-state index contributed by atoms with van der Waals surface area (Å²) in [4.78, 5) is 26.3. The van der Waals surface area contributed by atoms with Crippen molar-refractivity contribution in [3.63, 3.8) is 0 Å². The van der Waals surface area contributed by atoms with Crippen LogP contribution >= 0.6 is 15.9 Å². The van der Waals surface area contributed by atoms with E-state index in [0.717, 1.165) is 17.0 Å². The van der Waals surface area contributed by atoms with Crippen molar-refractivity contribution in [1.29, 1.82) is 0 Å². The number of sulfonamides is 1. The summed E-state index contributed by atoms with van der Waals surface area (Å²) in [5.41, 5.74) is 0.909. The van der Waals surface area contributed by atoms with E-state index in [1.165, 1.54) is 0 Å². The lowest BCUT2D eigenvalue weighted by Gasteiger charge is -2.41. The van der Waals surface area contributed by atoms with Crippen LogP contribution in [0.5, 0.6) is 5.75 Å². The minimum Gasteiger partial charge on any atom is -0.488 e. The predicted octanol–water partition coefficient (Wildman–Crippen LogP) is 8.22. The number of nitrogens with zero attached hydrogens (tertiary/aromatic N) is 2. The van der Waals surface area contributed by atoms with E-state index in [4.69, 9.17) is 9.47 Å². The molecule has 1 fully saturated rings. The molecule has 8 nitrogen and oxygen atoms in total. The Bertz CT molecular complexity index is 2290. The van der Waals surface area contributed by atoms with E-state index < -0.39 is 86.5 Å². The Morgan fingerprint density at radius 2 is 1.30 bits per heavy atom. The van der Waals surface area contributed by atoms with Crippen LogP contribution in [0.15, 0.2) is 106 Å². The third-order valence-electron chi connectivity index (χ3n) is 8.52. The van der Waals surface area contributed by atoms with Crippen molar-refractivity contribution in [2.75, 3.05) is 11.4 Å². The molecule has 1 atom stereocenters. The van der Waals surface area contributed by atoms with Gasteiger partial charge in [0.1, 0.15) is 36.4 Å². The average Bonchev–Trinajstić information content (AvgIpc) is 3.14. The van der Waals surface area contributed by atoms with Gasteiger partial charge in [-0.05, 0) is 41.3 Å². The van der Waals surface area contributed by atoms with Crippen LogP contribution in [-0.4, -0.2) is 37.2 Å². The first-order chi connectivity index (χ1) is 25.8. The number of carbonyl (C=O) groups is 2. The van der Waals surface area contributed by atoms with Gasteiger partial charge >= 0.3 is 5.97 Å². The highest BCUT2D eigenvalue weighted by Crippen LogP contribution is 2.37. The number of carbonyl (C=O) groups excluding carboxylic acids is 2. The molecule has 16 heteroatoms. The van der Waals surface area contributed by atoms with Crippen molar-refractivity contribution >= 4 is 43.5 Å².